The largest absolute Gasteiger partial charge is 0.467 e. The molecule has 0 unspecified atom stereocenters. The van der Waals surface area contributed by atoms with Gasteiger partial charge in [-0.3, -0.25) is 5.32 Å². The van der Waals surface area contributed by atoms with Crippen LogP contribution in [0.2, 0.25) is 0 Å². The minimum Gasteiger partial charge on any atom is -0.467 e. The fraction of sp³-hybridized carbons (Fsp3) is 0.333. The lowest BCUT2D eigenvalue weighted by molar-refractivity contribution is 0.0224. The van der Waals surface area contributed by atoms with Crippen LogP contribution >= 0.6 is 12.2 Å². The van der Waals surface area contributed by atoms with Gasteiger partial charge in [0.1, 0.15) is 5.75 Å². The first kappa shape index (κ1) is 16.0. The van der Waals surface area contributed by atoms with E-state index in [9.17, 15) is 4.79 Å². The number of rotatable bonds is 5. The highest BCUT2D eigenvalue weighted by Gasteiger charge is 2.07. The minimum atomic E-state index is -0.662. The van der Waals surface area contributed by atoms with E-state index in [0.29, 0.717) is 23.7 Å². The molecule has 0 atom stereocenters. The van der Waals surface area contributed by atoms with Crippen LogP contribution in [0.1, 0.15) is 6.92 Å². The standard InChI is InChI=1S/C12H17N3O4S/c1-3-18-7-19-8-4-5-9(13)10(6-8)14-11(20)15-12(16)17-2/h4-6H,3,7,13H2,1-2H3,(H2,14,15,16,20). The van der Waals surface area contributed by atoms with Crippen molar-refractivity contribution in [3.8, 4) is 5.75 Å². The number of hydrogen-bond acceptors (Lipinski definition) is 6. The number of nitrogens with two attached hydrogens (primary N) is 1. The zero-order chi connectivity index (χ0) is 15.0. The lowest BCUT2D eigenvalue weighted by Crippen LogP contribution is -2.34. The molecular formula is C12H17N3O4S. The maximum absolute atomic E-state index is 11.0. The quantitative estimate of drug-likeness (QED) is 0.329. The van der Waals surface area contributed by atoms with Crippen molar-refractivity contribution >= 4 is 34.8 Å². The van der Waals surface area contributed by atoms with E-state index in [-0.39, 0.29) is 11.9 Å². The molecule has 0 aromatic heterocycles. The zero-order valence-corrected chi connectivity index (χ0v) is 12.1. The van der Waals surface area contributed by atoms with Crippen LogP contribution in [-0.4, -0.2) is 31.7 Å². The molecule has 0 saturated heterocycles. The average Bonchev–Trinajstić information content (AvgIpc) is 2.42. The molecule has 1 aromatic carbocycles. The Morgan fingerprint density at radius 3 is 2.85 bits per heavy atom. The van der Waals surface area contributed by atoms with Gasteiger partial charge in [0.05, 0.1) is 18.5 Å². The lowest BCUT2D eigenvalue weighted by Gasteiger charge is -2.13. The van der Waals surface area contributed by atoms with E-state index in [1.807, 2.05) is 6.92 Å². The molecule has 0 spiro atoms. The summed E-state index contributed by atoms with van der Waals surface area (Å²) in [4.78, 5) is 11.0. The van der Waals surface area contributed by atoms with Crippen molar-refractivity contribution in [2.75, 3.05) is 31.6 Å². The van der Waals surface area contributed by atoms with E-state index in [4.69, 9.17) is 27.4 Å². The molecule has 20 heavy (non-hydrogen) atoms. The van der Waals surface area contributed by atoms with E-state index in [1.54, 1.807) is 18.2 Å². The van der Waals surface area contributed by atoms with Gasteiger partial charge < -0.3 is 25.3 Å². The van der Waals surface area contributed by atoms with Crippen LogP contribution in [-0.2, 0) is 9.47 Å². The van der Waals surface area contributed by atoms with Crippen LogP contribution in [0, 0.1) is 0 Å². The van der Waals surface area contributed by atoms with Crippen LogP contribution < -0.4 is 21.1 Å². The Hall–Kier alpha value is -2.06. The summed E-state index contributed by atoms with van der Waals surface area (Å²) in [5, 5.41) is 5.17. The molecule has 0 aliphatic rings. The SMILES string of the molecule is CCOCOc1ccc(N)c(NC(=S)NC(=O)OC)c1. The molecule has 7 nitrogen and oxygen atoms in total. The summed E-state index contributed by atoms with van der Waals surface area (Å²) in [6.45, 7) is 2.58. The van der Waals surface area contributed by atoms with Gasteiger partial charge in [0.25, 0.3) is 0 Å². The van der Waals surface area contributed by atoms with E-state index >= 15 is 0 Å². The molecule has 0 bridgehead atoms. The number of anilines is 2. The number of thiocarbonyl (C=S) groups is 1. The minimum absolute atomic E-state index is 0.0745. The second kappa shape index (κ2) is 8.18. The summed E-state index contributed by atoms with van der Waals surface area (Å²) >= 11 is 4.94. The maximum Gasteiger partial charge on any atom is 0.413 e. The Kier molecular flexibility index (Phi) is 6.54. The van der Waals surface area contributed by atoms with Crippen LogP contribution in [0.15, 0.2) is 18.2 Å². The third-order valence-corrected chi connectivity index (χ3v) is 2.39. The highest BCUT2D eigenvalue weighted by atomic mass is 32.1. The van der Waals surface area contributed by atoms with Crippen LogP contribution in [0.4, 0.5) is 16.2 Å². The number of ether oxygens (including phenoxy) is 3. The molecule has 110 valence electrons. The van der Waals surface area contributed by atoms with Crippen molar-refractivity contribution in [2.45, 2.75) is 6.92 Å². The van der Waals surface area contributed by atoms with Crippen molar-refractivity contribution in [1.29, 1.82) is 0 Å². The number of nitrogen functional groups attached to an aromatic ring is 1. The van der Waals surface area contributed by atoms with Crippen molar-refractivity contribution in [3.63, 3.8) is 0 Å². The van der Waals surface area contributed by atoms with Crippen molar-refractivity contribution in [3.05, 3.63) is 18.2 Å². The Morgan fingerprint density at radius 1 is 1.45 bits per heavy atom. The summed E-state index contributed by atoms with van der Waals surface area (Å²) < 4.78 is 14.9. The molecule has 4 N–H and O–H groups in total. The van der Waals surface area contributed by atoms with Gasteiger partial charge in [-0.05, 0) is 31.3 Å². The number of carbonyl (C=O) groups is 1. The van der Waals surface area contributed by atoms with Gasteiger partial charge in [-0.15, -0.1) is 0 Å². The van der Waals surface area contributed by atoms with Gasteiger partial charge >= 0.3 is 6.09 Å². The molecule has 8 heteroatoms. The van der Waals surface area contributed by atoms with Crippen molar-refractivity contribution in [1.82, 2.24) is 5.32 Å². The molecule has 1 aromatic rings. The smallest absolute Gasteiger partial charge is 0.413 e. The monoisotopic (exact) mass is 299 g/mol. The van der Waals surface area contributed by atoms with E-state index in [0.717, 1.165) is 0 Å². The summed E-state index contributed by atoms with van der Waals surface area (Å²) in [6.07, 6.45) is -0.662. The van der Waals surface area contributed by atoms with Crippen LogP contribution in [0.5, 0.6) is 5.75 Å². The third-order valence-electron chi connectivity index (χ3n) is 2.19. The summed E-state index contributed by atoms with van der Waals surface area (Å²) in [5.74, 6) is 0.566. The topological polar surface area (TPSA) is 94.8 Å². The average molecular weight is 299 g/mol. The second-order valence-electron chi connectivity index (χ2n) is 3.57. The highest BCUT2D eigenvalue weighted by molar-refractivity contribution is 7.80. The van der Waals surface area contributed by atoms with Gasteiger partial charge in [-0.25, -0.2) is 4.79 Å². The fourth-order valence-corrected chi connectivity index (χ4v) is 1.42. The second-order valence-corrected chi connectivity index (χ2v) is 3.98. The van der Waals surface area contributed by atoms with Gasteiger partial charge in [-0.1, -0.05) is 0 Å². The summed E-state index contributed by atoms with van der Waals surface area (Å²) in [7, 11) is 1.24. The zero-order valence-electron chi connectivity index (χ0n) is 11.3. The Morgan fingerprint density at radius 2 is 2.20 bits per heavy atom. The van der Waals surface area contributed by atoms with Crippen molar-refractivity contribution < 1.29 is 19.0 Å². The molecular weight excluding hydrogens is 282 g/mol. The number of methoxy groups -OCH3 is 1. The number of amides is 1. The Balaban J connectivity index is 2.66. The number of benzene rings is 1. The highest BCUT2D eigenvalue weighted by Crippen LogP contribution is 2.24. The summed E-state index contributed by atoms with van der Waals surface area (Å²) in [6, 6.07) is 5.01. The molecule has 0 aliphatic carbocycles. The van der Waals surface area contributed by atoms with Gasteiger partial charge in [0.2, 0.25) is 0 Å². The maximum atomic E-state index is 11.0. The van der Waals surface area contributed by atoms with Gasteiger partial charge in [-0.2, -0.15) is 0 Å². The predicted molar refractivity (Wildman–Crippen MR) is 79.7 cm³/mol. The molecule has 0 radical (unpaired) electrons. The van der Waals surface area contributed by atoms with E-state index in [2.05, 4.69) is 15.4 Å². The first-order valence-electron chi connectivity index (χ1n) is 5.82. The lowest BCUT2D eigenvalue weighted by atomic mass is 10.2. The normalized spacial score (nSPS) is 9.70. The Bertz CT molecular complexity index is 482. The number of nitrogens with one attached hydrogen (secondary N) is 2. The molecule has 1 amide bonds. The Labute approximate surface area is 122 Å². The van der Waals surface area contributed by atoms with Crippen molar-refractivity contribution in [2.24, 2.45) is 0 Å². The summed E-state index contributed by atoms with van der Waals surface area (Å²) in [5.41, 5.74) is 6.78. The van der Waals surface area contributed by atoms with E-state index < -0.39 is 6.09 Å². The van der Waals surface area contributed by atoms with Crippen LogP contribution in [0.25, 0.3) is 0 Å². The number of carbonyl (C=O) groups excluding carboxylic acids is 1. The molecule has 1 rings (SSSR count). The first-order valence-corrected chi connectivity index (χ1v) is 6.23. The van der Waals surface area contributed by atoms with Crippen LogP contribution in [0.3, 0.4) is 0 Å². The number of alkyl carbamates (subject to hydrolysis) is 1. The predicted octanol–water partition coefficient (Wildman–Crippen LogP) is 1.69. The molecule has 0 fully saturated rings. The van der Waals surface area contributed by atoms with Gasteiger partial charge in [0.15, 0.2) is 11.9 Å². The molecule has 0 aliphatic heterocycles. The number of hydrogen-bond donors (Lipinski definition) is 3. The van der Waals surface area contributed by atoms with E-state index in [1.165, 1.54) is 7.11 Å². The first-order chi connectivity index (χ1) is 9.56. The molecule has 0 saturated carbocycles. The molecule has 0 heterocycles. The third kappa shape index (κ3) is 5.29. The van der Waals surface area contributed by atoms with Gasteiger partial charge in [0, 0.05) is 12.7 Å². The fourth-order valence-electron chi connectivity index (χ4n) is 1.22.